The van der Waals surface area contributed by atoms with Gasteiger partial charge in [0.1, 0.15) is 12.1 Å². The number of aliphatic carboxylic acids is 1. The summed E-state index contributed by atoms with van der Waals surface area (Å²) in [7, 11) is 1.22. The molecule has 1 rings (SSSR count). The molecule has 0 bridgehead atoms. The summed E-state index contributed by atoms with van der Waals surface area (Å²) in [5.41, 5.74) is 0. The van der Waals surface area contributed by atoms with Crippen molar-refractivity contribution in [3.63, 3.8) is 0 Å². The SMILES string of the molecule is COC(=O)N[C@H](C(=O)N1CCCC1C(=O)O)C(C)C. The van der Waals surface area contributed by atoms with E-state index < -0.39 is 24.1 Å². The van der Waals surface area contributed by atoms with E-state index in [9.17, 15) is 14.4 Å². The number of likely N-dealkylation sites (tertiary alicyclic amines) is 1. The van der Waals surface area contributed by atoms with E-state index in [2.05, 4.69) is 10.1 Å². The van der Waals surface area contributed by atoms with E-state index in [-0.39, 0.29) is 11.8 Å². The molecule has 0 aromatic carbocycles. The van der Waals surface area contributed by atoms with Crippen LogP contribution in [0.2, 0.25) is 0 Å². The molecule has 0 aliphatic carbocycles. The Hall–Kier alpha value is -1.79. The maximum Gasteiger partial charge on any atom is 0.407 e. The van der Waals surface area contributed by atoms with E-state index in [0.717, 1.165) is 0 Å². The Bertz CT molecular complexity index is 369. The van der Waals surface area contributed by atoms with Crippen LogP contribution in [0.3, 0.4) is 0 Å². The fourth-order valence-corrected chi connectivity index (χ4v) is 2.17. The van der Waals surface area contributed by atoms with Crippen LogP contribution in [-0.4, -0.2) is 53.7 Å². The molecule has 1 heterocycles. The largest absolute Gasteiger partial charge is 0.480 e. The third kappa shape index (κ3) is 3.59. The summed E-state index contributed by atoms with van der Waals surface area (Å²) in [6.07, 6.45) is 0.411. The van der Waals surface area contributed by atoms with Gasteiger partial charge in [-0.15, -0.1) is 0 Å². The van der Waals surface area contributed by atoms with E-state index >= 15 is 0 Å². The standard InChI is InChI=1S/C12H20N2O5/c1-7(2)9(13-12(18)19-3)10(15)14-6-4-5-8(14)11(16)17/h7-9H,4-6H2,1-3H3,(H,13,18)(H,16,17)/t8?,9-/m0/s1. The van der Waals surface area contributed by atoms with Crippen molar-refractivity contribution in [1.82, 2.24) is 10.2 Å². The Morgan fingerprint density at radius 1 is 1.37 bits per heavy atom. The third-order valence-electron chi connectivity index (χ3n) is 3.21. The molecule has 1 aliphatic heterocycles. The molecule has 7 heteroatoms. The van der Waals surface area contributed by atoms with Crippen molar-refractivity contribution in [1.29, 1.82) is 0 Å². The monoisotopic (exact) mass is 272 g/mol. The number of carboxylic acid groups (broad SMARTS) is 1. The summed E-state index contributed by atoms with van der Waals surface area (Å²) in [5, 5.41) is 11.5. The highest BCUT2D eigenvalue weighted by atomic mass is 16.5. The van der Waals surface area contributed by atoms with Gasteiger partial charge in [0.25, 0.3) is 0 Å². The molecule has 2 amide bonds. The minimum Gasteiger partial charge on any atom is -0.480 e. The molecule has 108 valence electrons. The Morgan fingerprint density at radius 3 is 2.47 bits per heavy atom. The predicted molar refractivity (Wildman–Crippen MR) is 66.5 cm³/mol. The molecule has 1 unspecified atom stereocenters. The molecule has 2 N–H and O–H groups in total. The zero-order chi connectivity index (χ0) is 14.6. The molecule has 19 heavy (non-hydrogen) atoms. The number of nitrogens with zero attached hydrogens (tertiary/aromatic N) is 1. The van der Waals surface area contributed by atoms with Crippen molar-refractivity contribution in [3.05, 3.63) is 0 Å². The summed E-state index contributed by atoms with van der Waals surface area (Å²) < 4.78 is 4.48. The lowest BCUT2D eigenvalue weighted by Gasteiger charge is -2.28. The van der Waals surface area contributed by atoms with Gasteiger partial charge in [0, 0.05) is 6.54 Å². The average Bonchev–Trinajstić information content (AvgIpc) is 2.83. The fourth-order valence-electron chi connectivity index (χ4n) is 2.17. The maximum absolute atomic E-state index is 12.3. The second kappa shape index (κ2) is 6.40. The van der Waals surface area contributed by atoms with Crippen LogP contribution in [-0.2, 0) is 14.3 Å². The Kier molecular flexibility index (Phi) is 5.14. The van der Waals surface area contributed by atoms with Gasteiger partial charge in [-0.25, -0.2) is 9.59 Å². The van der Waals surface area contributed by atoms with E-state index in [4.69, 9.17) is 5.11 Å². The number of nitrogens with one attached hydrogen (secondary N) is 1. The van der Waals surface area contributed by atoms with Gasteiger partial charge in [-0.1, -0.05) is 13.8 Å². The number of ether oxygens (including phenoxy) is 1. The second-order valence-corrected chi connectivity index (χ2v) is 4.89. The summed E-state index contributed by atoms with van der Waals surface area (Å²) in [4.78, 5) is 36.0. The molecule has 0 radical (unpaired) electrons. The van der Waals surface area contributed by atoms with Gasteiger partial charge in [-0.3, -0.25) is 4.79 Å². The molecule has 7 nitrogen and oxygen atoms in total. The lowest BCUT2D eigenvalue weighted by molar-refractivity contribution is -0.149. The van der Waals surface area contributed by atoms with Crippen LogP contribution in [0.1, 0.15) is 26.7 Å². The number of methoxy groups -OCH3 is 1. The second-order valence-electron chi connectivity index (χ2n) is 4.89. The molecule has 0 aromatic rings. The number of hydrogen-bond acceptors (Lipinski definition) is 4. The van der Waals surface area contributed by atoms with Crippen molar-refractivity contribution in [2.45, 2.75) is 38.8 Å². The van der Waals surface area contributed by atoms with Gasteiger partial charge < -0.3 is 20.1 Å². The molecular formula is C12H20N2O5. The Morgan fingerprint density at radius 2 is 2.00 bits per heavy atom. The van der Waals surface area contributed by atoms with Crippen molar-refractivity contribution in [2.75, 3.05) is 13.7 Å². The van der Waals surface area contributed by atoms with E-state index in [1.807, 2.05) is 0 Å². The number of rotatable bonds is 4. The molecule has 0 saturated carbocycles. The highest BCUT2D eigenvalue weighted by molar-refractivity contribution is 5.89. The molecule has 0 aromatic heterocycles. The summed E-state index contributed by atoms with van der Waals surface area (Å²) in [6.45, 7) is 3.97. The molecule has 0 spiro atoms. The number of carbonyl (C=O) groups excluding carboxylic acids is 2. The van der Waals surface area contributed by atoms with Crippen LogP contribution >= 0.6 is 0 Å². The third-order valence-corrected chi connectivity index (χ3v) is 3.21. The van der Waals surface area contributed by atoms with E-state index in [1.54, 1.807) is 13.8 Å². The predicted octanol–water partition coefficient (Wildman–Crippen LogP) is 0.443. The first-order valence-electron chi connectivity index (χ1n) is 6.26. The summed E-state index contributed by atoms with van der Waals surface area (Å²) in [5.74, 6) is -1.53. The molecule has 2 atom stereocenters. The first-order chi connectivity index (χ1) is 8.88. The van der Waals surface area contributed by atoms with Gasteiger partial charge in [-0.05, 0) is 18.8 Å². The minimum atomic E-state index is -1.01. The summed E-state index contributed by atoms with van der Waals surface area (Å²) in [6, 6.07) is -1.57. The average molecular weight is 272 g/mol. The highest BCUT2D eigenvalue weighted by Gasteiger charge is 2.38. The minimum absolute atomic E-state index is 0.151. The quantitative estimate of drug-likeness (QED) is 0.774. The smallest absolute Gasteiger partial charge is 0.407 e. The summed E-state index contributed by atoms with van der Waals surface area (Å²) >= 11 is 0. The maximum atomic E-state index is 12.3. The van der Waals surface area contributed by atoms with Crippen molar-refractivity contribution < 1.29 is 24.2 Å². The van der Waals surface area contributed by atoms with Crippen LogP contribution < -0.4 is 5.32 Å². The Labute approximate surface area is 111 Å². The zero-order valence-corrected chi connectivity index (χ0v) is 11.4. The van der Waals surface area contributed by atoms with Crippen molar-refractivity contribution in [3.8, 4) is 0 Å². The van der Waals surface area contributed by atoms with E-state index in [0.29, 0.717) is 19.4 Å². The number of carbonyl (C=O) groups is 3. The first kappa shape index (κ1) is 15.3. The Balaban J connectivity index is 2.81. The van der Waals surface area contributed by atoms with Crippen molar-refractivity contribution >= 4 is 18.0 Å². The van der Waals surface area contributed by atoms with Crippen LogP contribution in [0.15, 0.2) is 0 Å². The van der Waals surface area contributed by atoms with Gasteiger partial charge in [0.2, 0.25) is 5.91 Å². The van der Waals surface area contributed by atoms with Crippen molar-refractivity contribution in [2.24, 2.45) is 5.92 Å². The number of alkyl carbamates (subject to hydrolysis) is 1. The highest BCUT2D eigenvalue weighted by Crippen LogP contribution is 2.20. The van der Waals surface area contributed by atoms with Gasteiger partial charge >= 0.3 is 12.1 Å². The van der Waals surface area contributed by atoms with Crippen LogP contribution in [0.5, 0.6) is 0 Å². The lowest BCUT2D eigenvalue weighted by atomic mass is 10.0. The molecule has 1 fully saturated rings. The van der Waals surface area contributed by atoms with Crippen LogP contribution in [0.4, 0.5) is 4.79 Å². The number of hydrogen-bond donors (Lipinski definition) is 2. The fraction of sp³-hybridized carbons (Fsp3) is 0.750. The van der Waals surface area contributed by atoms with Crippen LogP contribution in [0.25, 0.3) is 0 Å². The number of amides is 2. The van der Waals surface area contributed by atoms with Crippen LogP contribution in [0, 0.1) is 5.92 Å². The van der Waals surface area contributed by atoms with Gasteiger partial charge in [0.15, 0.2) is 0 Å². The van der Waals surface area contributed by atoms with Gasteiger partial charge in [0.05, 0.1) is 7.11 Å². The molecule has 1 aliphatic rings. The topological polar surface area (TPSA) is 95.9 Å². The first-order valence-corrected chi connectivity index (χ1v) is 6.26. The molecular weight excluding hydrogens is 252 g/mol. The lowest BCUT2D eigenvalue weighted by Crippen LogP contribution is -2.53. The zero-order valence-electron chi connectivity index (χ0n) is 11.4. The van der Waals surface area contributed by atoms with E-state index in [1.165, 1.54) is 12.0 Å². The number of carboxylic acids is 1. The molecule has 1 saturated heterocycles. The normalized spacial score (nSPS) is 20.2. The van der Waals surface area contributed by atoms with Gasteiger partial charge in [-0.2, -0.15) is 0 Å².